The van der Waals surface area contributed by atoms with Gasteiger partial charge in [0.25, 0.3) is 10.0 Å². The van der Waals surface area contributed by atoms with Crippen molar-refractivity contribution >= 4 is 56.0 Å². The fourth-order valence-electron chi connectivity index (χ4n) is 2.50. The molecule has 0 aliphatic heterocycles. The number of ether oxygens (including phenoxy) is 1. The molecule has 0 atom stereocenters. The number of hydrogen-bond acceptors (Lipinski definition) is 4. The first kappa shape index (κ1) is 20.9. The molecule has 0 aliphatic carbocycles. The molecular weight excluding hydrogens is 430 g/mol. The average Bonchev–Trinajstić information content (AvgIpc) is 2.70. The Morgan fingerprint density at radius 1 is 0.897 bits per heavy atom. The Morgan fingerprint density at radius 2 is 1.52 bits per heavy atom. The van der Waals surface area contributed by atoms with E-state index < -0.39 is 10.0 Å². The molecule has 3 aromatic carbocycles. The first-order chi connectivity index (χ1) is 13.9. The highest BCUT2D eigenvalue weighted by atomic mass is 35.5. The first-order valence-corrected chi connectivity index (χ1v) is 10.7. The predicted molar refractivity (Wildman–Crippen MR) is 122 cm³/mol. The molecule has 0 saturated heterocycles. The van der Waals surface area contributed by atoms with E-state index in [1.807, 2.05) is 24.3 Å². The van der Waals surface area contributed by atoms with E-state index >= 15 is 0 Å². The lowest BCUT2D eigenvalue weighted by atomic mass is 10.3. The summed E-state index contributed by atoms with van der Waals surface area (Å²) in [6, 6.07) is 20.2. The highest BCUT2D eigenvalue weighted by Crippen LogP contribution is 2.25. The molecular formula is C20H18ClN3O3S2. The number of sulfonamides is 1. The predicted octanol–water partition coefficient (Wildman–Crippen LogP) is 4.96. The van der Waals surface area contributed by atoms with Crippen LogP contribution in [0.1, 0.15) is 0 Å². The van der Waals surface area contributed by atoms with Gasteiger partial charge >= 0.3 is 0 Å². The van der Waals surface area contributed by atoms with E-state index in [-0.39, 0.29) is 4.90 Å². The summed E-state index contributed by atoms with van der Waals surface area (Å²) < 4.78 is 32.9. The van der Waals surface area contributed by atoms with Crippen molar-refractivity contribution in [1.29, 1.82) is 0 Å². The fraction of sp³-hybridized carbons (Fsp3) is 0.0500. The zero-order chi connectivity index (χ0) is 20.9. The number of rotatable bonds is 6. The van der Waals surface area contributed by atoms with Gasteiger partial charge in [-0.25, -0.2) is 8.42 Å². The maximum absolute atomic E-state index is 12.6. The summed E-state index contributed by atoms with van der Waals surface area (Å²) in [4.78, 5) is 0.103. The third-order valence-electron chi connectivity index (χ3n) is 3.90. The molecule has 3 rings (SSSR count). The molecule has 3 aromatic rings. The number of nitrogens with one attached hydrogen (secondary N) is 3. The van der Waals surface area contributed by atoms with Gasteiger partial charge in [0.15, 0.2) is 5.11 Å². The standard InChI is InChI=1S/C20H18ClN3O3S2/c1-27-19-9-5-4-8-18(19)23-20(28)22-14-10-12-15(13-11-14)29(25,26)24-17-7-3-2-6-16(17)21/h2-13,24H,1H3,(H2,22,23,28). The first-order valence-electron chi connectivity index (χ1n) is 8.47. The van der Waals surface area contributed by atoms with Crippen molar-refractivity contribution in [3.63, 3.8) is 0 Å². The monoisotopic (exact) mass is 447 g/mol. The van der Waals surface area contributed by atoms with Crippen LogP contribution < -0.4 is 20.1 Å². The van der Waals surface area contributed by atoms with Crippen molar-refractivity contribution in [2.45, 2.75) is 4.90 Å². The molecule has 29 heavy (non-hydrogen) atoms. The minimum atomic E-state index is -3.77. The smallest absolute Gasteiger partial charge is 0.261 e. The summed E-state index contributed by atoms with van der Waals surface area (Å²) in [6.45, 7) is 0. The highest BCUT2D eigenvalue weighted by molar-refractivity contribution is 7.92. The number of benzene rings is 3. The van der Waals surface area contributed by atoms with Gasteiger partial charge < -0.3 is 15.4 Å². The van der Waals surface area contributed by atoms with Crippen molar-refractivity contribution in [2.24, 2.45) is 0 Å². The van der Waals surface area contributed by atoms with Gasteiger partial charge in [0.2, 0.25) is 0 Å². The summed E-state index contributed by atoms with van der Waals surface area (Å²) in [5.41, 5.74) is 1.67. The van der Waals surface area contributed by atoms with Crippen molar-refractivity contribution in [1.82, 2.24) is 0 Å². The molecule has 0 saturated carbocycles. The molecule has 0 aromatic heterocycles. The molecule has 0 unspecified atom stereocenters. The molecule has 3 N–H and O–H groups in total. The van der Waals surface area contributed by atoms with E-state index in [1.54, 1.807) is 43.5 Å². The minimum absolute atomic E-state index is 0.103. The Kier molecular flexibility index (Phi) is 6.58. The van der Waals surface area contributed by atoms with E-state index in [1.165, 1.54) is 12.1 Å². The van der Waals surface area contributed by atoms with Crippen LogP contribution in [-0.4, -0.2) is 20.6 Å². The van der Waals surface area contributed by atoms with Gasteiger partial charge in [-0.1, -0.05) is 35.9 Å². The van der Waals surface area contributed by atoms with E-state index in [4.69, 9.17) is 28.6 Å². The van der Waals surface area contributed by atoms with E-state index in [2.05, 4.69) is 15.4 Å². The molecule has 0 fully saturated rings. The molecule has 9 heteroatoms. The molecule has 0 heterocycles. The summed E-state index contributed by atoms with van der Waals surface area (Å²) in [5.74, 6) is 0.656. The summed E-state index contributed by atoms with van der Waals surface area (Å²) >= 11 is 11.3. The SMILES string of the molecule is COc1ccccc1NC(=S)Nc1ccc(S(=O)(=O)Nc2ccccc2Cl)cc1. The maximum Gasteiger partial charge on any atom is 0.261 e. The van der Waals surface area contributed by atoms with Gasteiger partial charge in [0, 0.05) is 5.69 Å². The highest BCUT2D eigenvalue weighted by Gasteiger charge is 2.15. The number of para-hydroxylation sites is 3. The fourth-order valence-corrected chi connectivity index (χ4v) is 4.04. The van der Waals surface area contributed by atoms with E-state index in [0.717, 1.165) is 5.69 Å². The summed E-state index contributed by atoms with van der Waals surface area (Å²) in [5, 5.41) is 6.72. The van der Waals surface area contributed by atoms with E-state index in [0.29, 0.717) is 27.3 Å². The Hall–Kier alpha value is -2.81. The summed E-state index contributed by atoms with van der Waals surface area (Å²) in [6.07, 6.45) is 0. The Bertz CT molecular complexity index is 1120. The van der Waals surface area contributed by atoms with Crippen LogP contribution in [0, 0.1) is 0 Å². The zero-order valence-electron chi connectivity index (χ0n) is 15.3. The lowest BCUT2D eigenvalue weighted by Gasteiger charge is -2.14. The van der Waals surface area contributed by atoms with Crippen molar-refractivity contribution in [3.8, 4) is 5.75 Å². The van der Waals surface area contributed by atoms with Crippen LogP contribution in [-0.2, 0) is 10.0 Å². The van der Waals surface area contributed by atoms with Gasteiger partial charge in [-0.05, 0) is 60.7 Å². The maximum atomic E-state index is 12.6. The minimum Gasteiger partial charge on any atom is -0.495 e. The van der Waals surface area contributed by atoms with Crippen molar-refractivity contribution in [3.05, 3.63) is 77.8 Å². The normalized spacial score (nSPS) is 10.8. The molecule has 0 amide bonds. The Morgan fingerprint density at radius 3 is 2.17 bits per heavy atom. The molecule has 0 spiro atoms. The lowest BCUT2D eigenvalue weighted by molar-refractivity contribution is 0.417. The molecule has 150 valence electrons. The van der Waals surface area contributed by atoms with Gasteiger partial charge in [0.05, 0.1) is 28.4 Å². The third-order valence-corrected chi connectivity index (χ3v) is 5.81. The second kappa shape index (κ2) is 9.13. The largest absolute Gasteiger partial charge is 0.495 e. The van der Waals surface area contributed by atoms with Gasteiger partial charge in [-0.15, -0.1) is 0 Å². The van der Waals surface area contributed by atoms with Crippen LogP contribution in [0.25, 0.3) is 0 Å². The van der Waals surface area contributed by atoms with Gasteiger partial charge in [-0.3, -0.25) is 4.72 Å². The third kappa shape index (κ3) is 5.38. The topological polar surface area (TPSA) is 79.5 Å². The molecule has 0 bridgehead atoms. The Balaban J connectivity index is 1.68. The van der Waals surface area contributed by atoms with Crippen LogP contribution in [0.4, 0.5) is 17.1 Å². The second-order valence-corrected chi connectivity index (χ2v) is 8.39. The molecule has 6 nitrogen and oxygen atoms in total. The quantitative estimate of drug-likeness (QED) is 0.463. The van der Waals surface area contributed by atoms with Crippen LogP contribution in [0.3, 0.4) is 0 Å². The van der Waals surface area contributed by atoms with E-state index in [9.17, 15) is 8.42 Å². The summed E-state index contributed by atoms with van der Waals surface area (Å²) in [7, 11) is -2.19. The Labute approximate surface area is 179 Å². The van der Waals surface area contributed by atoms with Crippen molar-refractivity contribution in [2.75, 3.05) is 22.5 Å². The van der Waals surface area contributed by atoms with Crippen LogP contribution >= 0.6 is 23.8 Å². The number of hydrogen-bond donors (Lipinski definition) is 3. The number of methoxy groups -OCH3 is 1. The zero-order valence-corrected chi connectivity index (χ0v) is 17.7. The number of halogens is 1. The second-order valence-electron chi connectivity index (χ2n) is 5.89. The van der Waals surface area contributed by atoms with Crippen LogP contribution in [0.15, 0.2) is 77.7 Å². The number of thiocarbonyl (C=S) groups is 1. The average molecular weight is 448 g/mol. The number of anilines is 3. The molecule has 0 aliphatic rings. The van der Waals surface area contributed by atoms with Crippen LogP contribution in [0.2, 0.25) is 5.02 Å². The van der Waals surface area contributed by atoms with Crippen LogP contribution in [0.5, 0.6) is 5.75 Å². The van der Waals surface area contributed by atoms with Gasteiger partial charge in [-0.2, -0.15) is 0 Å². The van der Waals surface area contributed by atoms with Gasteiger partial charge in [0.1, 0.15) is 5.75 Å². The molecule has 0 radical (unpaired) electrons. The lowest BCUT2D eigenvalue weighted by Crippen LogP contribution is -2.19. The van der Waals surface area contributed by atoms with Crippen molar-refractivity contribution < 1.29 is 13.2 Å².